The van der Waals surface area contributed by atoms with Crippen molar-refractivity contribution in [2.75, 3.05) is 0 Å². The summed E-state index contributed by atoms with van der Waals surface area (Å²) in [7, 11) is 0. The van der Waals surface area contributed by atoms with Gasteiger partial charge in [0.05, 0.1) is 6.04 Å². The molecule has 1 aromatic heterocycles. The van der Waals surface area contributed by atoms with E-state index in [2.05, 4.69) is 21.2 Å². The Balaban J connectivity index is 2.09. The van der Waals surface area contributed by atoms with Crippen molar-refractivity contribution >= 4 is 27.8 Å². The second-order valence-corrected chi connectivity index (χ2v) is 5.58. The van der Waals surface area contributed by atoms with Crippen molar-refractivity contribution in [1.29, 1.82) is 0 Å². The summed E-state index contributed by atoms with van der Waals surface area (Å²) in [5.41, 5.74) is 1.31. The van der Waals surface area contributed by atoms with Crippen LogP contribution in [0, 0.1) is 0 Å². The molecule has 5 nitrogen and oxygen atoms in total. The van der Waals surface area contributed by atoms with Gasteiger partial charge in [-0.05, 0) is 36.8 Å². The number of aliphatic carboxylic acids is 1. The Labute approximate surface area is 130 Å². The lowest BCUT2D eigenvalue weighted by molar-refractivity contribution is -0.137. The lowest BCUT2D eigenvalue weighted by atomic mass is 10.1. The smallest absolute Gasteiger partial charge is 0.323 e. The molecule has 2 rings (SSSR count). The van der Waals surface area contributed by atoms with E-state index in [4.69, 9.17) is 5.11 Å². The maximum absolute atomic E-state index is 12.2. The third-order valence-electron chi connectivity index (χ3n) is 3.09. The van der Waals surface area contributed by atoms with Crippen molar-refractivity contribution < 1.29 is 14.7 Å². The maximum Gasteiger partial charge on any atom is 0.323 e. The summed E-state index contributed by atoms with van der Waals surface area (Å²) < 4.78 is 2.38. The van der Waals surface area contributed by atoms with Crippen LogP contribution in [0.3, 0.4) is 0 Å². The van der Waals surface area contributed by atoms with E-state index in [9.17, 15) is 9.59 Å². The van der Waals surface area contributed by atoms with Crippen molar-refractivity contribution in [3.8, 4) is 0 Å². The summed E-state index contributed by atoms with van der Waals surface area (Å²) in [6.07, 6.45) is 1.58. The zero-order chi connectivity index (χ0) is 15.4. The fourth-order valence-corrected chi connectivity index (χ4v) is 2.27. The van der Waals surface area contributed by atoms with Gasteiger partial charge in [-0.1, -0.05) is 28.1 Å². The zero-order valence-corrected chi connectivity index (χ0v) is 13.0. The molecule has 0 aliphatic carbocycles. The highest BCUT2D eigenvalue weighted by atomic mass is 79.9. The van der Waals surface area contributed by atoms with Crippen LogP contribution in [0.2, 0.25) is 0 Å². The highest BCUT2D eigenvalue weighted by Crippen LogP contribution is 2.17. The SMILES string of the molecule is CC(NC(=O)c1cccn1CC(=O)O)c1ccc(Br)cc1. The number of rotatable bonds is 5. The van der Waals surface area contributed by atoms with Crippen LogP contribution in [0.15, 0.2) is 47.1 Å². The number of carbonyl (C=O) groups excluding carboxylic acids is 1. The number of nitrogens with zero attached hydrogens (tertiary/aromatic N) is 1. The average Bonchev–Trinajstić information content (AvgIpc) is 2.86. The summed E-state index contributed by atoms with van der Waals surface area (Å²) in [5, 5.41) is 11.7. The Morgan fingerprint density at radius 1 is 1.29 bits per heavy atom. The molecule has 1 heterocycles. The molecule has 1 aromatic carbocycles. The lowest BCUT2D eigenvalue weighted by Gasteiger charge is -2.15. The van der Waals surface area contributed by atoms with Crippen LogP contribution in [-0.4, -0.2) is 21.6 Å². The molecule has 0 bridgehead atoms. The summed E-state index contributed by atoms with van der Waals surface area (Å²) in [5.74, 6) is -1.28. The third-order valence-corrected chi connectivity index (χ3v) is 3.61. The number of aromatic nitrogens is 1. The molecule has 2 N–H and O–H groups in total. The molecule has 1 amide bonds. The fourth-order valence-electron chi connectivity index (χ4n) is 2.01. The first kappa shape index (κ1) is 15.3. The normalized spacial score (nSPS) is 11.9. The predicted octanol–water partition coefficient (Wildman–Crippen LogP) is 2.83. The first-order chi connectivity index (χ1) is 9.97. The standard InChI is InChI=1S/C15H15BrN2O3/c1-10(11-4-6-12(16)7-5-11)17-15(21)13-3-2-8-18(13)9-14(19)20/h2-8,10H,9H2,1H3,(H,17,21)(H,19,20). The molecule has 1 atom stereocenters. The first-order valence-electron chi connectivity index (χ1n) is 6.40. The molecule has 0 aliphatic heterocycles. The van der Waals surface area contributed by atoms with Crippen molar-refractivity contribution in [2.45, 2.75) is 19.5 Å². The topological polar surface area (TPSA) is 71.3 Å². The monoisotopic (exact) mass is 350 g/mol. The molecule has 0 fully saturated rings. The van der Waals surface area contributed by atoms with Crippen molar-refractivity contribution in [1.82, 2.24) is 9.88 Å². The summed E-state index contributed by atoms with van der Waals surface area (Å²) >= 11 is 3.36. The van der Waals surface area contributed by atoms with Crippen LogP contribution in [0.1, 0.15) is 29.0 Å². The highest BCUT2D eigenvalue weighted by molar-refractivity contribution is 9.10. The van der Waals surface area contributed by atoms with E-state index in [1.807, 2.05) is 31.2 Å². The van der Waals surface area contributed by atoms with Crippen LogP contribution in [0.5, 0.6) is 0 Å². The van der Waals surface area contributed by atoms with Crippen molar-refractivity contribution in [2.24, 2.45) is 0 Å². The van der Waals surface area contributed by atoms with Crippen LogP contribution in [0.25, 0.3) is 0 Å². The molecule has 2 aromatic rings. The minimum absolute atomic E-state index is 0.168. The van der Waals surface area contributed by atoms with Crippen LogP contribution >= 0.6 is 15.9 Å². The number of hydrogen-bond donors (Lipinski definition) is 2. The Bertz CT molecular complexity index is 649. The van der Waals surface area contributed by atoms with Gasteiger partial charge in [0.1, 0.15) is 12.2 Å². The highest BCUT2D eigenvalue weighted by Gasteiger charge is 2.15. The van der Waals surface area contributed by atoms with E-state index >= 15 is 0 Å². The van der Waals surface area contributed by atoms with Gasteiger partial charge in [-0.25, -0.2) is 0 Å². The number of halogens is 1. The third kappa shape index (κ3) is 3.95. The average molecular weight is 351 g/mol. The summed E-state index contributed by atoms with van der Waals surface area (Å²) in [6, 6.07) is 10.8. The summed E-state index contributed by atoms with van der Waals surface area (Å²) in [6.45, 7) is 1.65. The number of nitrogens with one attached hydrogen (secondary N) is 1. The molecule has 6 heteroatoms. The molecule has 0 saturated carbocycles. The van der Waals surface area contributed by atoms with Crippen molar-refractivity contribution in [3.63, 3.8) is 0 Å². The van der Waals surface area contributed by atoms with Gasteiger partial charge in [0.15, 0.2) is 0 Å². The maximum atomic E-state index is 12.2. The fraction of sp³-hybridized carbons (Fsp3) is 0.200. The van der Waals surface area contributed by atoms with Gasteiger partial charge in [-0.3, -0.25) is 9.59 Å². The summed E-state index contributed by atoms with van der Waals surface area (Å²) in [4.78, 5) is 23.0. The number of amides is 1. The molecule has 0 aliphatic rings. The molecule has 0 saturated heterocycles. The molecule has 0 spiro atoms. The van der Waals surface area contributed by atoms with Gasteiger partial charge in [-0.15, -0.1) is 0 Å². The van der Waals surface area contributed by atoms with Crippen LogP contribution in [-0.2, 0) is 11.3 Å². The van der Waals surface area contributed by atoms with E-state index in [1.165, 1.54) is 4.57 Å². The minimum Gasteiger partial charge on any atom is -0.480 e. The van der Waals surface area contributed by atoms with Gasteiger partial charge < -0.3 is 15.0 Å². The van der Waals surface area contributed by atoms with Crippen LogP contribution in [0.4, 0.5) is 0 Å². The molecule has 110 valence electrons. The largest absolute Gasteiger partial charge is 0.480 e. The number of benzene rings is 1. The van der Waals surface area contributed by atoms with Gasteiger partial charge >= 0.3 is 5.97 Å². The van der Waals surface area contributed by atoms with E-state index in [0.29, 0.717) is 5.69 Å². The van der Waals surface area contributed by atoms with Gasteiger partial charge in [0.25, 0.3) is 5.91 Å². The zero-order valence-electron chi connectivity index (χ0n) is 11.4. The molecular formula is C15H15BrN2O3. The van der Waals surface area contributed by atoms with E-state index in [-0.39, 0.29) is 18.5 Å². The molecular weight excluding hydrogens is 336 g/mol. The number of hydrogen-bond acceptors (Lipinski definition) is 2. The Morgan fingerprint density at radius 2 is 1.95 bits per heavy atom. The van der Waals surface area contributed by atoms with Crippen LogP contribution < -0.4 is 5.32 Å². The first-order valence-corrected chi connectivity index (χ1v) is 7.20. The van der Waals surface area contributed by atoms with Gasteiger partial charge in [0.2, 0.25) is 0 Å². The lowest BCUT2D eigenvalue weighted by Crippen LogP contribution is -2.29. The second kappa shape index (κ2) is 6.58. The molecule has 0 radical (unpaired) electrons. The number of carbonyl (C=O) groups is 2. The van der Waals surface area contributed by atoms with E-state index in [1.54, 1.807) is 18.3 Å². The predicted molar refractivity (Wildman–Crippen MR) is 82.1 cm³/mol. The van der Waals surface area contributed by atoms with Gasteiger partial charge in [0, 0.05) is 10.7 Å². The van der Waals surface area contributed by atoms with E-state index in [0.717, 1.165) is 10.0 Å². The van der Waals surface area contributed by atoms with Crippen molar-refractivity contribution in [3.05, 3.63) is 58.3 Å². The molecule has 21 heavy (non-hydrogen) atoms. The Morgan fingerprint density at radius 3 is 2.57 bits per heavy atom. The Hall–Kier alpha value is -2.08. The quantitative estimate of drug-likeness (QED) is 0.870. The second-order valence-electron chi connectivity index (χ2n) is 4.66. The molecule has 1 unspecified atom stereocenters. The van der Waals surface area contributed by atoms with E-state index < -0.39 is 5.97 Å². The Kier molecular flexibility index (Phi) is 4.80. The number of carboxylic acid groups (broad SMARTS) is 1. The minimum atomic E-state index is -0.985. The van der Waals surface area contributed by atoms with Gasteiger partial charge in [-0.2, -0.15) is 0 Å². The number of carboxylic acids is 1.